The second kappa shape index (κ2) is 11.7. The van der Waals surface area contributed by atoms with Crippen molar-refractivity contribution in [3.63, 3.8) is 0 Å². The predicted molar refractivity (Wildman–Crippen MR) is 136 cm³/mol. The second-order valence-corrected chi connectivity index (χ2v) is 7.66. The van der Waals surface area contributed by atoms with Gasteiger partial charge in [0.05, 0.1) is 19.9 Å². The lowest BCUT2D eigenvalue weighted by molar-refractivity contribution is -0.118. The molecule has 2 amide bonds. The maximum atomic E-state index is 13.1. The Balaban J connectivity index is 1.42. The molecule has 0 atom stereocenters. The molecule has 0 aliphatic heterocycles. The first-order valence-electron chi connectivity index (χ1n) is 11.3. The number of carbonyl (C=O) groups excluding carboxylic acids is 2. The van der Waals surface area contributed by atoms with E-state index in [0.717, 1.165) is 5.39 Å². The first kappa shape index (κ1) is 25.2. The number of carbonyl (C=O) groups is 2. The quantitative estimate of drug-likeness (QED) is 0.237. The number of nitrogens with one attached hydrogen (secondary N) is 2. The van der Waals surface area contributed by atoms with Gasteiger partial charge in [0, 0.05) is 16.6 Å². The third-order valence-corrected chi connectivity index (χ3v) is 5.10. The summed E-state index contributed by atoms with van der Waals surface area (Å²) in [6, 6.07) is 17.3. The molecule has 10 heteroatoms. The molecule has 0 spiro atoms. The van der Waals surface area contributed by atoms with Crippen LogP contribution in [0.25, 0.3) is 11.0 Å². The summed E-state index contributed by atoms with van der Waals surface area (Å²) in [7, 11) is 1.46. The molecule has 0 fully saturated rings. The van der Waals surface area contributed by atoms with Gasteiger partial charge in [0.1, 0.15) is 17.1 Å². The number of hydrogen-bond acceptors (Lipinski definition) is 7. The molecule has 4 rings (SSSR count). The molecular weight excluding hydrogens is 481 g/mol. The monoisotopic (exact) mass is 505 g/mol. The third kappa shape index (κ3) is 6.43. The van der Waals surface area contributed by atoms with E-state index in [1.165, 1.54) is 37.6 Å². The van der Waals surface area contributed by atoms with Gasteiger partial charge in [-0.3, -0.25) is 9.59 Å². The van der Waals surface area contributed by atoms with Crippen molar-refractivity contribution >= 4 is 34.7 Å². The number of furan rings is 1. The van der Waals surface area contributed by atoms with Gasteiger partial charge in [-0.25, -0.2) is 9.82 Å². The molecule has 9 nitrogen and oxygen atoms in total. The number of anilines is 1. The van der Waals surface area contributed by atoms with Crippen LogP contribution in [0.15, 0.2) is 76.2 Å². The number of para-hydroxylation sites is 1. The molecule has 0 unspecified atom stereocenters. The van der Waals surface area contributed by atoms with Crippen LogP contribution in [0.5, 0.6) is 17.2 Å². The van der Waals surface area contributed by atoms with Gasteiger partial charge in [-0.15, -0.1) is 0 Å². The zero-order chi connectivity index (χ0) is 26.2. The van der Waals surface area contributed by atoms with Crippen molar-refractivity contribution in [1.29, 1.82) is 0 Å². The molecule has 1 aromatic heterocycles. The number of halogens is 1. The van der Waals surface area contributed by atoms with Crippen molar-refractivity contribution in [2.45, 2.75) is 6.92 Å². The maximum absolute atomic E-state index is 13.1. The summed E-state index contributed by atoms with van der Waals surface area (Å²) in [5, 5.41) is 7.33. The number of nitrogens with zero attached hydrogens (tertiary/aromatic N) is 1. The van der Waals surface area contributed by atoms with Crippen LogP contribution >= 0.6 is 0 Å². The van der Waals surface area contributed by atoms with E-state index in [-0.39, 0.29) is 18.1 Å². The predicted octanol–water partition coefficient (Wildman–Crippen LogP) is 4.76. The smallest absolute Gasteiger partial charge is 0.307 e. The Labute approximate surface area is 211 Å². The number of fused-ring (bicyclic) bond motifs is 1. The van der Waals surface area contributed by atoms with Crippen molar-refractivity contribution in [1.82, 2.24) is 5.43 Å². The minimum atomic E-state index is -0.547. The number of hydrazone groups is 1. The third-order valence-electron chi connectivity index (χ3n) is 5.10. The lowest BCUT2D eigenvalue weighted by Crippen LogP contribution is -2.21. The molecule has 0 aliphatic carbocycles. The van der Waals surface area contributed by atoms with Gasteiger partial charge >= 0.3 is 5.91 Å². The average molecular weight is 506 g/mol. The molecule has 0 saturated carbocycles. The molecule has 2 N–H and O–H groups in total. The van der Waals surface area contributed by atoms with Gasteiger partial charge in [0.25, 0.3) is 5.91 Å². The average Bonchev–Trinajstić information content (AvgIpc) is 3.33. The highest BCUT2D eigenvalue weighted by molar-refractivity contribution is 5.97. The number of ether oxygens (including phenoxy) is 3. The van der Waals surface area contributed by atoms with Crippen molar-refractivity contribution in [2.24, 2.45) is 5.10 Å². The van der Waals surface area contributed by atoms with Crippen LogP contribution in [0, 0.1) is 5.82 Å². The summed E-state index contributed by atoms with van der Waals surface area (Å²) in [6.07, 6.45) is 1.36. The highest BCUT2D eigenvalue weighted by atomic mass is 19.1. The van der Waals surface area contributed by atoms with Crippen molar-refractivity contribution in [2.75, 3.05) is 25.6 Å². The SMILES string of the molecule is CCOc1ccc2oc(C(=O)N/N=C/c3cccc(OC)c3OCC(=O)Nc3ccc(F)cc3)cc2c1. The molecule has 0 radical (unpaired) electrons. The minimum Gasteiger partial charge on any atom is -0.494 e. The first-order valence-corrected chi connectivity index (χ1v) is 11.3. The minimum absolute atomic E-state index is 0.0837. The van der Waals surface area contributed by atoms with E-state index >= 15 is 0 Å². The fraction of sp³-hybridized carbons (Fsp3) is 0.148. The zero-order valence-corrected chi connectivity index (χ0v) is 20.1. The maximum Gasteiger partial charge on any atom is 0.307 e. The molecule has 0 saturated heterocycles. The number of amides is 2. The Hall–Kier alpha value is -4.86. The summed E-state index contributed by atoms with van der Waals surface area (Å²) in [6.45, 7) is 2.08. The highest BCUT2D eigenvalue weighted by Crippen LogP contribution is 2.30. The summed E-state index contributed by atoms with van der Waals surface area (Å²) in [5.74, 6) is -0.0226. The van der Waals surface area contributed by atoms with E-state index in [0.29, 0.717) is 34.9 Å². The van der Waals surface area contributed by atoms with E-state index in [2.05, 4.69) is 15.8 Å². The lowest BCUT2D eigenvalue weighted by atomic mass is 10.2. The highest BCUT2D eigenvalue weighted by Gasteiger charge is 2.14. The normalized spacial score (nSPS) is 10.9. The van der Waals surface area contributed by atoms with Crippen LogP contribution in [-0.4, -0.2) is 38.4 Å². The second-order valence-electron chi connectivity index (χ2n) is 7.66. The largest absolute Gasteiger partial charge is 0.494 e. The topological polar surface area (TPSA) is 111 Å². The molecule has 0 aliphatic rings. The van der Waals surface area contributed by atoms with Gasteiger partial charge in [-0.2, -0.15) is 5.10 Å². The summed E-state index contributed by atoms with van der Waals surface area (Å²) >= 11 is 0. The number of rotatable bonds is 10. The lowest BCUT2D eigenvalue weighted by Gasteiger charge is -2.13. The zero-order valence-electron chi connectivity index (χ0n) is 20.1. The van der Waals surface area contributed by atoms with Gasteiger partial charge in [-0.1, -0.05) is 6.07 Å². The van der Waals surface area contributed by atoms with E-state index in [1.54, 1.807) is 42.5 Å². The van der Waals surface area contributed by atoms with E-state index in [4.69, 9.17) is 18.6 Å². The van der Waals surface area contributed by atoms with Crippen molar-refractivity contribution in [3.8, 4) is 17.2 Å². The van der Waals surface area contributed by atoms with Crippen LogP contribution < -0.4 is 25.0 Å². The molecule has 190 valence electrons. The Morgan fingerprint density at radius 2 is 1.86 bits per heavy atom. The van der Waals surface area contributed by atoms with Crippen molar-refractivity contribution < 1.29 is 32.6 Å². The summed E-state index contributed by atoms with van der Waals surface area (Å²) in [4.78, 5) is 24.8. The first-order chi connectivity index (χ1) is 18.0. The number of benzene rings is 3. The molecule has 3 aromatic carbocycles. The number of methoxy groups -OCH3 is 1. The molecule has 37 heavy (non-hydrogen) atoms. The van der Waals surface area contributed by atoms with Gasteiger partial charge in [0.15, 0.2) is 23.9 Å². The van der Waals surface area contributed by atoms with Crippen molar-refractivity contribution in [3.05, 3.63) is 83.9 Å². The van der Waals surface area contributed by atoms with Gasteiger partial charge in [0.2, 0.25) is 0 Å². The van der Waals surface area contributed by atoms with Crippen LogP contribution in [0.4, 0.5) is 10.1 Å². The number of hydrogen-bond donors (Lipinski definition) is 2. The van der Waals surface area contributed by atoms with E-state index < -0.39 is 17.6 Å². The molecule has 0 bridgehead atoms. The summed E-state index contributed by atoms with van der Waals surface area (Å²) < 4.78 is 35.1. The fourth-order valence-corrected chi connectivity index (χ4v) is 3.42. The standard InChI is InChI=1S/C27H24FN3O6/c1-3-35-21-11-12-22-18(13-21)14-24(37-22)27(33)31-29-15-17-5-4-6-23(34-2)26(17)36-16-25(32)30-20-9-7-19(28)8-10-20/h4-15H,3,16H2,1-2H3,(H,30,32)(H,31,33)/b29-15+. The van der Waals surface area contributed by atoms with Crippen LogP contribution in [0.2, 0.25) is 0 Å². The molecule has 4 aromatic rings. The van der Waals surface area contributed by atoms with E-state index in [1.807, 2.05) is 6.92 Å². The van der Waals surface area contributed by atoms with Gasteiger partial charge in [-0.05, 0) is 67.6 Å². The molecular formula is C27H24FN3O6. The fourth-order valence-electron chi connectivity index (χ4n) is 3.42. The van der Waals surface area contributed by atoms with Crippen LogP contribution in [0.1, 0.15) is 23.0 Å². The molecule has 1 heterocycles. The van der Waals surface area contributed by atoms with Gasteiger partial charge < -0.3 is 23.9 Å². The van der Waals surface area contributed by atoms with Crippen LogP contribution in [0.3, 0.4) is 0 Å². The Bertz CT molecular complexity index is 1430. The Kier molecular flexibility index (Phi) is 7.99. The van der Waals surface area contributed by atoms with E-state index in [9.17, 15) is 14.0 Å². The Morgan fingerprint density at radius 1 is 1.05 bits per heavy atom. The summed E-state index contributed by atoms with van der Waals surface area (Å²) in [5.41, 5.74) is 3.84. The Morgan fingerprint density at radius 3 is 2.62 bits per heavy atom. The van der Waals surface area contributed by atoms with Crippen LogP contribution in [-0.2, 0) is 4.79 Å².